The second-order valence-electron chi connectivity index (χ2n) is 7.05. The summed E-state index contributed by atoms with van der Waals surface area (Å²) in [5.74, 6) is 0.171. The molecule has 0 radical (unpaired) electrons. The van der Waals surface area contributed by atoms with Gasteiger partial charge in [0.25, 0.3) is 5.91 Å². The Balaban J connectivity index is 1.51. The van der Waals surface area contributed by atoms with Crippen LogP contribution in [0.4, 0.5) is 11.4 Å². The van der Waals surface area contributed by atoms with Gasteiger partial charge in [-0.3, -0.25) is 14.5 Å². The lowest BCUT2D eigenvalue weighted by Gasteiger charge is -2.17. The SMILES string of the molecule is CC[C@H](C)c1ccc(NC(=O)CN2C(=O)c3cccc4cccc2c34)cc1. The van der Waals surface area contributed by atoms with Crippen LogP contribution in [-0.4, -0.2) is 18.4 Å². The van der Waals surface area contributed by atoms with Crippen molar-refractivity contribution >= 4 is 34.0 Å². The highest BCUT2D eigenvalue weighted by Crippen LogP contribution is 2.36. The maximum Gasteiger partial charge on any atom is 0.259 e. The second kappa shape index (κ2) is 6.88. The Morgan fingerprint density at radius 3 is 2.44 bits per heavy atom. The number of hydrogen-bond acceptors (Lipinski definition) is 2. The van der Waals surface area contributed by atoms with Crippen LogP contribution in [0.3, 0.4) is 0 Å². The van der Waals surface area contributed by atoms with E-state index in [-0.39, 0.29) is 18.4 Å². The van der Waals surface area contributed by atoms with Gasteiger partial charge in [0.2, 0.25) is 5.91 Å². The fourth-order valence-corrected chi connectivity index (χ4v) is 3.61. The van der Waals surface area contributed by atoms with E-state index in [4.69, 9.17) is 0 Å². The Hall–Kier alpha value is -3.14. The zero-order chi connectivity index (χ0) is 19.0. The number of carbonyl (C=O) groups excluding carboxylic acids is 2. The number of rotatable bonds is 5. The van der Waals surface area contributed by atoms with Gasteiger partial charge in [0.15, 0.2) is 0 Å². The molecule has 1 aliphatic rings. The van der Waals surface area contributed by atoms with Crippen molar-refractivity contribution < 1.29 is 9.59 Å². The van der Waals surface area contributed by atoms with Crippen LogP contribution in [0.5, 0.6) is 0 Å². The molecule has 1 aliphatic heterocycles. The molecule has 3 aromatic rings. The molecule has 0 aliphatic carbocycles. The molecule has 0 aromatic heterocycles. The van der Waals surface area contributed by atoms with Crippen LogP contribution < -0.4 is 10.2 Å². The van der Waals surface area contributed by atoms with E-state index in [9.17, 15) is 9.59 Å². The first kappa shape index (κ1) is 17.3. The molecule has 2 amide bonds. The van der Waals surface area contributed by atoms with Crippen LogP contribution in [0.25, 0.3) is 10.8 Å². The third-order valence-corrected chi connectivity index (χ3v) is 5.33. The summed E-state index contributed by atoms with van der Waals surface area (Å²) in [6, 6.07) is 19.4. The molecule has 27 heavy (non-hydrogen) atoms. The van der Waals surface area contributed by atoms with Crippen LogP contribution >= 0.6 is 0 Å². The van der Waals surface area contributed by atoms with Crippen LogP contribution in [0.1, 0.15) is 42.1 Å². The van der Waals surface area contributed by atoms with Gasteiger partial charge < -0.3 is 5.32 Å². The molecule has 0 unspecified atom stereocenters. The number of amides is 2. The van der Waals surface area contributed by atoms with Crippen LogP contribution in [-0.2, 0) is 4.79 Å². The molecular formula is C23H22N2O2. The van der Waals surface area contributed by atoms with Gasteiger partial charge in [-0.15, -0.1) is 0 Å². The van der Waals surface area contributed by atoms with Crippen molar-refractivity contribution in [1.29, 1.82) is 0 Å². The second-order valence-corrected chi connectivity index (χ2v) is 7.05. The molecule has 4 heteroatoms. The largest absolute Gasteiger partial charge is 0.325 e. The quantitative estimate of drug-likeness (QED) is 0.701. The van der Waals surface area contributed by atoms with Crippen LogP contribution in [0.15, 0.2) is 60.7 Å². The van der Waals surface area contributed by atoms with Crippen molar-refractivity contribution in [3.63, 3.8) is 0 Å². The Morgan fingerprint density at radius 1 is 1.04 bits per heavy atom. The lowest BCUT2D eigenvalue weighted by Crippen LogP contribution is -2.35. The highest BCUT2D eigenvalue weighted by atomic mass is 16.2. The number of benzene rings is 3. The Bertz CT molecular complexity index is 1020. The molecule has 4 rings (SSSR count). The molecular weight excluding hydrogens is 336 g/mol. The van der Waals surface area contributed by atoms with E-state index in [1.54, 1.807) is 4.90 Å². The van der Waals surface area contributed by atoms with Gasteiger partial charge in [0.1, 0.15) is 6.54 Å². The third kappa shape index (κ3) is 3.08. The zero-order valence-electron chi connectivity index (χ0n) is 15.5. The predicted molar refractivity (Wildman–Crippen MR) is 109 cm³/mol. The summed E-state index contributed by atoms with van der Waals surface area (Å²) in [4.78, 5) is 26.9. The lowest BCUT2D eigenvalue weighted by atomic mass is 9.99. The molecule has 1 heterocycles. The first-order valence-corrected chi connectivity index (χ1v) is 9.32. The Kier molecular flexibility index (Phi) is 4.40. The van der Waals surface area contributed by atoms with Gasteiger partial charge in [0.05, 0.1) is 5.69 Å². The zero-order valence-corrected chi connectivity index (χ0v) is 15.5. The van der Waals surface area contributed by atoms with Gasteiger partial charge in [-0.25, -0.2) is 0 Å². The predicted octanol–water partition coefficient (Wildman–Crippen LogP) is 4.95. The Morgan fingerprint density at radius 2 is 1.74 bits per heavy atom. The number of carbonyl (C=O) groups is 2. The molecule has 1 N–H and O–H groups in total. The summed E-state index contributed by atoms with van der Waals surface area (Å²) in [5, 5.41) is 4.84. The topological polar surface area (TPSA) is 49.4 Å². The van der Waals surface area contributed by atoms with Gasteiger partial charge in [-0.2, -0.15) is 0 Å². The fourth-order valence-electron chi connectivity index (χ4n) is 3.61. The first-order chi connectivity index (χ1) is 13.1. The van der Waals surface area contributed by atoms with Crippen molar-refractivity contribution in [2.24, 2.45) is 0 Å². The summed E-state index contributed by atoms with van der Waals surface area (Å²) >= 11 is 0. The van der Waals surface area contributed by atoms with Gasteiger partial charge in [-0.1, -0.05) is 50.2 Å². The molecule has 0 fully saturated rings. The lowest BCUT2D eigenvalue weighted by molar-refractivity contribution is -0.114. The van der Waals surface area contributed by atoms with Crippen molar-refractivity contribution in [3.05, 3.63) is 71.8 Å². The standard InChI is InChI=1S/C23H22N2O2/c1-3-15(2)16-10-12-18(13-11-16)24-21(26)14-25-20-9-5-7-17-6-4-8-19(22(17)20)23(25)27/h4-13,15H,3,14H2,1-2H3,(H,24,26)/t15-/m0/s1. The van der Waals surface area contributed by atoms with E-state index in [1.807, 2.05) is 60.7 Å². The van der Waals surface area contributed by atoms with E-state index in [2.05, 4.69) is 19.2 Å². The van der Waals surface area contributed by atoms with Gasteiger partial charge in [0, 0.05) is 16.6 Å². The third-order valence-electron chi connectivity index (χ3n) is 5.33. The Labute approximate surface area is 158 Å². The highest BCUT2D eigenvalue weighted by molar-refractivity contribution is 6.26. The maximum atomic E-state index is 12.8. The molecule has 0 spiro atoms. The van der Waals surface area contributed by atoms with E-state index >= 15 is 0 Å². The summed E-state index contributed by atoms with van der Waals surface area (Å²) in [7, 11) is 0. The van der Waals surface area contributed by atoms with Crippen molar-refractivity contribution in [1.82, 2.24) is 0 Å². The van der Waals surface area contributed by atoms with E-state index < -0.39 is 0 Å². The minimum Gasteiger partial charge on any atom is -0.325 e. The van der Waals surface area contributed by atoms with E-state index in [1.165, 1.54) is 5.56 Å². The average Bonchev–Trinajstić information content (AvgIpc) is 2.96. The fraction of sp³-hybridized carbons (Fsp3) is 0.217. The molecule has 136 valence electrons. The maximum absolute atomic E-state index is 12.8. The minimum absolute atomic E-state index is 0.000257. The molecule has 0 bridgehead atoms. The van der Waals surface area contributed by atoms with Crippen molar-refractivity contribution in [2.45, 2.75) is 26.2 Å². The minimum atomic E-state index is -0.204. The summed E-state index contributed by atoms with van der Waals surface area (Å²) < 4.78 is 0. The number of hydrogen-bond donors (Lipinski definition) is 1. The monoisotopic (exact) mass is 358 g/mol. The summed E-state index contributed by atoms with van der Waals surface area (Å²) in [5.41, 5.74) is 3.46. The number of anilines is 2. The average molecular weight is 358 g/mol. The highest BCUT2D eigenvalue weighted by Gasteiger charge is 2.30. The summed E-state index contributed by atoms with van der Waals surface area (Å²) in [6.45, 7) is 4.34. The summed E-state index contributed by atoms with van der Waals surface area (Å²) in [6.07, 6.45) is 1.08. The van der Waals surface area contributed by atoms with Crippen LogP contribution in [0.2, 0.25) is 0 Å². The first-order valence-electron chi connectivity index (χ1n) is 9.32. The van der Waals surface area contributed by atoms with Crippen LogP contribution in [0, 0.1) is 0 Å². The van der Waals surface area contributed by atoms with E-state index in [0.717, 1.165) is 28.6 Å². The van der Waals surface area contributed by atoms with E-state index in [0.29, 0.717) is 11.5 Å². The molecule has 3 aromatic carbocycles. The molecule has 0 saturated heterocycles. The van der Waals surface area contributed by atoms with Crippen molar-refractivity contribution in [3.8, 4) is 0 Å². The van der Waals surface area contributed by atoms with Gasteiger partial charge in [-0.05, 0) is 47.6 Å². The van der Waals surface area contributed by atoms with Crippen molar-refractivity contribution in [2.75, 3.05) is 16.8 Å². The molecule has 0 saturated carbocycles. The number of nitrogens with zero attached hydrogens (tertiary/aromatic N) is 1. The number of nitrogens with one attached hydrogen (secondary N) is 1. The molecule has 4 nitrogen and oxygen atoms in total. The smallest absolute Gasteiger partial charge is 0.259 e. The molecule has 1 atom stereocenters. The normalized spacial score (nSPS) is 13.9. The van der Waals surface area contributed by atoms with Gasteiger partial charge >= 0.3 is 0 Å².